The molecule has 2 heterocycles. The number of hydrogen-bond acceptors (Lipinski definition) is 4. The molecular weight excluding hydrogens is 242 g/mol. The molecule has 1 fully saturated rings. The van der Waals surface area contributed by atoms with Gasteiger partial charge in [-0.05, 0) is 38.5 Å². The summed E-state index contributed by atoms with van der Waals surface area (Å²) >= 11 is 0. The van der Waals surface area contributed by atoms with Gasteiger partial charge in [0.05, 0.1) is 6.04 Å². The number of piperazine rings is 1. The van der Waals surface area contributed by atoms with E-state index in [9.17, 15) is 4.79 Å². The highest BCUT2D eigenvalue weighted by atomic mass is 16.6. The summed E-state index contributed by atoms with van der Waals surface area (Å²) in [4.78, 5) is 18.1. The van der Waals surface area contributed by atoms with Crippen molar-refractivity contribution >= 4 is 6.09 Å². The second-order valence-electron chi connectivity index (χ2n) is 5.67. The molecule has 5 nitrogen and oxygen atoms in total. The number of carbonyl (C=O) groups excluding carboxylic acids is 1. The maximum absolute atomic E-state index is 12.3. The summed E-state index contributed by atoms with van der Waals surface area (Å²) in [6.07, 6.45) is 3.24. The third-order valence-electron chi connectivity index (χ3n) is 2.96. The second kappa shape index (κ2) is 5.57. The van der Waals surface area contributed by atoms with Crippen LogP contribution in [-0.4, -0.2) is 41.2 Å². The summed E-state index contributed by atoms with van der Waals surface area (Å²) in [7, 11) is 0. The molecule has 1 aromatic rings. The standard InChI is InChI=1S/C14H21N3O2/c1-14(2,3)19-13(18)17-9-8-16-10-12(17)11-4-6-15-7-5-11/h4-7,12,16H,8-10H2,1-3H3/t12-/m1/s1. The van der Waals surface area contributed by atoms with Gasteiger partial charge < -0.3 is 10.1 Å². The maximum atomic E-state index is 12.3. The minimum absolute atomic E-state index is 0.00611. The van der Waals surface area contributed by atoms with Crippen LogP contribution in [0.1, 0.15) is 32.4 Å². The van der Waals surface area contributed by atoms with Gasteiger partial charge >= 0.3 is 6.09 Å². The predicted octanol–water partition coefficient (Wildman–Crippen LogP) is 1.96. The quantitative estimate of drug-likeness (QED) is 0.841. The van der Waals surface area contributed by atoms with Gasteiger partial charge in [-0.3, -0.25) is 9.88 Å². The molecule has 0 unspecified atom stereocenters. The molecule has 0 bridgehead atoms. The second-order valence-corrected chi connectivity index (χ2v) is 5.67. The molecule has 0 saturated carbocycles. The summed E-state index contributed by atoms with van der Waals surface area (Å²) in [6.45, 7) is 7.84. The number of nitrogens with one attached hydrogen (secondary N) is 1. The zero-order valence-corrected chi connectivity index (χ0v) is 11.7. The highest BCUT2D eigenvalue weighted by Crippen LogP contribution is 2.23. The largest absolute Gasteiger partial charge is 0.444 e. The summed E-state index contributed by atoms with van der Waals surface area (Å²) in [5, 5.41) is 3.31. The fraction of sp³-hybridized carbons (Fsp3) is 0.571. The molecule has 1 aliphatic heterocycles. The van der Waals surface area contributed by atoms with Crippen molar-refractivity contribution in [2.24, 2.45) is 0 Å². The Kier molecular flexibility index (Phi) is 4.04. The first-order valence-electron chi connectivity index (χ1n) is 6.57. The number of nitrogens with zero attached hydrogens (tertiary/aromatic N) is 2. The molecule has 5 heteroatoms. The van der Waals surface area contributed by atoms with E-state index in [1.54, 1.807) is 17.3 Å². The topological polar surface area (TPSA) is 54.5 Å². The lowest BCUT2D eigenvalue weighted by Crippen LogP contribution is -2.50. The van der Waals surface area contributed by atoms with Crippen LogP contribution >= 0.6 is 0 Å². The molecule has 0 spiro atoms. The Morgan fingerprint density at radius 2 is 2.11 bits per heavy atom. The molecule has 0 radical (unpaired) electrons. The summed E-state index contributed by atoms with van der Waals surface area (Å²) in [5.74, 6) is 0. The van der Waals surface area contributed by atoms with Crippen LogP contribution in [-0.2, 0) is 4.74 Å². The summed E-state index contributed by atoms with van der Waals surface area (Å²) in [6, 6.07) is 3.89. The molecule has 1 saturated heterocycles. The van der Waals surface area contributed by atoms with E-state index in [4.69, 9.17) is 4.74 Å². The van der Waals surface area contributed by atoms with E-state index in [0.29, 0.717) is 6.54 Å². The molecule has 0 aliphatic carbocycles. The van der Waals surface area contributed by atoms with Gasteiger partial charge in [0.2, 0.25) is 0 Å². The Morgan fingerprint density at radius 1 is 1.42 bits per heavy atom. The van der Waals surface area contributed by atoms with Crippen LogP contribution in [0.15, 0.2) is 24.5 Å². The molecule has 1 N–H and O–H groups in total. The average Bonchev–Trinajstić information content (AvgIpc) is 2.38. The van der Waals surface area contributed by atoms with Gasteiger partial charge in [0, 0.05) is 32.0 Å². The monoisotopic (exact) mass is 263 g/mol. The lowest BCUT2D eigenvalue weighted by molar-refractivity contribution is 0.0118. The zero-order chi connectivity index (χ0) is 13.9. The van der Waals surface area contributed by atoms with E-state index in [2.05, 4.69) is 10.3 Å². The van der Waals surface area contributed by atoms with Crippen molar-refractivity contribution in [1.29, 1.82) is 0 Å². The minimum Gasteiger partial charge on any atom is -0.444 e. The van der Waals surface area contributed by atoms with Crippen LogP contribution < -0.4 is 5.32 Å². The van der Waals surface area contributed by atoms with Crippen LogP contribution in [0.3, 0.4) is 0 Å². The van der Waals surface area contributed by atoms with Crippen molar-refractivity contribution in [3.8, 4) is 0 Å². The molecule has 1 aliphatic rings. The SMILES string of the molecule is CC(C)(C)OC(=O)N1CCNC[C@@H]1c1ccncc1. The van der Waals surface area contributed by atoms with Crippen LogP contribution in [0.5, 0.6) is 0 Å². The average molecular weight is 263 g/mol. The van der Waals surface area contributed by atoms with E-state index in [0.717, 1.165) is 18.7 Å². The molecule has 2 rings (SSSR count). The molecule has 1 atom stereocenters. The smallest absolute Gasteiger partial charge is 0.410 e. The van der Waals surface area contributed by atoms with Crippen molar-refractivity contribution in [3.63, 3.8) is 0 Å². The third kappa shape index (κ3) is 3.67. The summed E-state index contributed by atoms with van der Waals surface area (Å²) in [5.41, 5.74) is 0.609. The van der Waals surface area contributed by atoms with Crippen LogP contribution in [0.4, 0.5) is 4.79 Å². The Morgan fingerprint density at radius 3 is 2.74 bits per heavy atom. The first-order valence-corrected chi connectivity index (χ1v) is 6.57. The first kappa shape index (κ1) is 13.8. The van der Waals surface area contributed by atoms with Crippen LogP contribution in [0, 0.1) is 0 Å². The molecule has 19 heavy (non-hydrogen) atoms. The fourth-order valence-corrected chi connectivity index (χ4v) is 2.13. The predicted molar refractivity (Wildman–Crippen MR) is 72.8 cm³/mol. The van der Waals surface area contributed by atoms with Gasteiger partial charge in [-0.1, -0.05) is 0 Å². The zero-order valence-electron chi connectivity index (χ0n) is 11.7. The number of carbonyl (C=O) groups is 1. The van der Waals surface area contributed by atoms with Crippen molar-refractivity contribution in [2.45, 2.75) is 32.4 Å². The lowest BCUT2D eigenvalue weighted by Gasteiger charge is -2.37. The van der Waals surface area contributed by atoms with Crippen molar-refractivity contribution < 1.29 is 9.53 Å². The Balaban J connectivity index is 2.15. The van der Waals surface area contributed by atoms with Gasteiger partial charge in [-0.15, -0.1) is 0 Å². The highest BCUT2D eigenvalue weighted by molar-refractivity contribution is 5.69. The van der Waals surface area contributed by atoms with Crippen molar-refractivity contribution in [2.75, 3.05) is 19.6 Å². The normalized spacial score (nSPS) is 20.2. The molecule has 1 aromatic heterocycles. The Hall–Kier alpha value is -1.62. The molecule has 104 valence electrons. The first-order chi connectivity index (χ1) is 8.97. The Labute approximate surface area is 114 Å². The maximum Gasteiger partial charge on any atom is 0.410 e. The number of hydrogen-bond donors (Lipinski definition) is 1. The van der Waals surface area contributed by atoms with E-state index in [-0.39, 0.29) is 12.1 Å². The third-order valence-corrected chi connectivity index (χ3v) is 2.96. The van der Waals surface area contributed by atoms with E-state index < -0.39 is 5.60 Å². The van der Waals surface area contributed by atoms with Crippen molar-refractivity contribution in [1.82, 2.24) is 15.2 Å². The molecule has 0 aromatic carbocycles. The van der Waals surface area contributed by atoms with Gasteiger partial charge in [-0.2, -0.15) is 0 Å². The summed E-state index contributed by atoms with van der Waals surface area (Å²) < 4.78 is 5.47. The Bertz CT molecular complexity index is 428. The van der Waals surface area contributed by atoms with E-state index >= 15 is 0 Å². The number of pyridine rings is 1. The number of amides is 1. The fourth-order valence-electron chi connectivity index (χ4n) is 2.13. The van der Waals surface area contributed by atoms with Gasteiger partial charge in [-0.25, -0.2) is 4.79 Å². The number of ether oxygens (including phenoxy) is 1. The number of rotatable bonds is 1. The van der Waals surface area contributed by atoms with E-state index in [1.807, 2.05) is 32.9 Å². The van der Waals surface area contributed by atoms with E-state index in [1.165, 1.54) is 0 Å². The minimum atomic E-state index is -0.468. The van der Waals surface area contributed by atoms with Crippen molar-refractivity contribution in [3.05, 3.63) is 30.1 Å². The van der Waals surface area contributed by atoms with Gasteiger partial charge in [0.15, 0.2) is 0 Å². The van der Waals surface area contributed by atoms with Gasteiger partial charge in [0.25, 0.3) is 0 Å². The molecule has 1 amide bonds. The molecular formula is C14H21N3O2. The lowest BCUT2D eigenvalue weighted by atomic mass is 10.1. The highest BCUT2D eigenvalue weighted by Gasteiger charge is 2.31. The van der Waals surface area contributed by atoms with Gasteiger partial charge in [0.1, 0.15) is 5.60 Å². The number of aromatic nitrogens is 1. The van der Waals surface area contributed by atoms with Crippen LogP contribution in [0.25, 0.3) is 0 Å². The van der Waals surface area contributed by atoms with Crippen LogP contribution in [0.2, 0.25) is 0 Å².